The lowest BCUT2D eigenvalue weighted by Gasteiger charge is -2.29. The molecule has 0 aromatic heterocycles. The van der Waals surface area contributed by atoms with Gasteiger partial charge in [0.2, 0.25) is 11.8 Å². The third kappa shape index (κ3) is 3.44. The van der Waals surface area contributed by atoms with E-state index in [0.717, 1.165) is 19.3 Å². The topological polar surface area (TPSA) is 80.8 Å². The number of ether oxygens (including phenoxy) is 1. The van der Waals surface area contributed by atoms with Gasteiger partial charge < -0.3 is 4.74 Å². The Hall–Kier alpha value is -2.24. The number of carbonyl (C=O) groups excluding carboxylic acids is 4. The minimum Gasteiger partial charge on any atom is -0.462 e. The number of amides is 2. The molecule has 3 saturated carbocycles. The highest BCUT2D eigenvalue weighted by atomic mass is 16.5. The average Bonchev–Trinajstić information content (AvgIpc) is 3.16. The van der Waals surface area contributed by atoms with Gasteiger partial charge in [-0.25, -0.2) is 0 Å². The maximum atomic E-state index is 13.4. The minimum absolute atomic E-state index is 0.0584. The number of Topliss-reactive ketones (excluding diaryl/α,β-unsaturated/α-hetero) is 1. The van der Waals surface area contributed by atoms with E-state index in [4.69, 9.17) is 4.74 Å². The molecule has 4 aliphatic rings. The maximum Gasteiger partial charge on any atom is 0.302 e. The van der Waals surface area contributed by atoms with E-state index < -0.39 is 6.04 Å². The Morgan fingerprint density at radius 1 is 1.13 bits per heavy atom. The number of ketones is 1. The van der Waals surface area contributed by atoms with Crippen molar-refractivity contribution in [2.24, 2.45) is 41.4 Å². The van der Waals surface area contributed by atoms with Crippen LogP contribution in [0.4, 0.5) is 0 Å². The van der Waals surface area contributed by atoms with Crippen molar-refractivity contribution in [1.29, 1.82) is 0 Å². The van der Waals surface area contributed by atoms with Gasteiger partial charge >= 0.3 is 5.97 Å². The Bertz CT molecular complexity index is 801. The summed E-state index contributed by atoms with van der Waals surface area (Å²) in [5.41, 5.74) is 0. The minimum atomic E-state index is -0.392. The second kappa shape index (κ2) is 8.12. The fourth-order valence-corrected chi connectivity index (χ4v) is 6.49. The first kappa shape index (κ1) is 21.0. The van der Waals surface area contributed by atoms with Gasteiger partial charge in [-0.2, -0.15) is 0 Å². The predicted molar refractivity (Wildman–Crippen MR) is 110 cm³/mol. The summed E-state index contributed by atoms with van der Waals surface area (Å²) < 4.78 is 4.92. The van der Waals surface area contributed by atoms with E-state index in [1.165, 1.54) is 11.8 Å². The molecule has 3 aliphatic carbocycles. The third-order valence-corrected chi connectivity index (χ3v) is 7.73. The molecule has 30 heavy (non-hydrogen) atoms. The van der Waals surface area contributed by atoms with Crippen LogP contribution in [0.3, 0.4) is 0 Å². The van der Waals surface area contributed by atoms with Crippen molar-refractivity contribution in [3.63, 3.8) is 0 Å². The van der Waals surface area contributed by atoms with Crippen molar-refractivity contribution in [3.8, 4) is 0 Å². The lowest BCUT2D eigenvalue weighted by Crippen LogP contribution is -2.40. The molecule has 2 amide bonds. The molecule has 8 atom stereocenters. The van der Waals surface area contributed by atoms with Gasteiger partial charge in [0.25, 0.3) is 0 Å². The number of hydrogen-bond donors (Lipinski definition) is 0. The summed E-state index contributed by atoms with van der Waals surface area (Å²) in [5.74, 6) is 0.920. The lowest BCUT2D eigenvalue weighted by molar-refractivity contribution is -0.143. The first-order valence-corrected chi connectivity index (χ1v) is 11.2. The number of rotatable bonds is 9. The Kier molecular flexibility index (Phi) is 5.69. The van der Waals surface area contributed by atoms with Gasteiger partial charge in [-0.3, -0.25) is 24.1 Å². The molecule has 6 heteroatoms. The van der Waals surface area contributed by atoms with Gasteiger partial charge in [0.1, 0.15) is 12.4 Å². The zero-order chi connectivity index (χ0) is 21.6. The quantitative estimate of drug-likeness (QED) is 0.330. The number of fused-ring (bicyclic) bond motifs is 5. The molecule has 1 heterocycles. The van der Waals surface area contributed by atoms with Crippen molar-refractivity contribution in [3.05, 3.63) is 24.8 Å². The van der Waals surface area contributed by atoms with Crippen LogP contribution in [0.5, 0.6) is 0 Å². The van der Waals surface area contributed by atoms with Crippen molar-refractivity contribution in [1.82, 2.24) is 4.90 Å². The number of nitrogens with zero attached hydrogens (tertiary/aromatic N) is 1. The van der Waals surface area contributed by atoms with Crippen LogP contribution in [0.25, 0.3) is 0 Å². The Balaban J connectivity index is 1.48. The Labute approximate surface area is 177 Å². The molecule has 0 aromatic rings. The molecule has 162 valence electrons. The summed E-state index contributed by atoms with van der Waals surface area (Å²) in [7, 11) is 0. The number of likely N-dealkylation sites (tertiary alicyclic amines) is 1. The first-order valence-electron chi connectivity index (χ1n) is 11.2. The first-order chi connectivity index (χ1) is 14.4. The summed E-state index contributed by atoms with van der Waals surface area (Å²) in [6.45, 7) is 7.15. The highest BCUT2D eigenvalue weighted by Crippen LogP contribution is 2.65. The van der Waals surface area contributed by atoms with Gasteiger partial charge in [-0.05, 0) is 55.4 Å². The fourth-order valence-electron chi connectivity index (χ4n) is 6.49. The van der Waals surface area contributed by atoms with Gasteiger partial charge in [-0.1, -0.05) is 19.1 Å². The molecule has 2 bridgehead atoms. The highest BCUT2D eigenvalue weighted by molar-refractivity contribution is 6.06. The third-order valence-electron chi connectivity index (χ3n) is 7.73. The van der Waals surface area contributed by atoms with Crippen LogP contribution in [0.2, 0.25) is 0 Å². The van der Waals surface area contributed by atoms with Crippen molar-refractivity contribution < 1.29 is 23.9 Å². The van der Waals surface area contributed by atoms with Gasteiger partial charge in [0.15, 0.2) is 0 Å². The van der Waals surface area contributed by atoms with E-state index in [-0.39, 0.29) is 54.0 Å². The van der Waals surface area contributed by atoms with Crippen molar-refractivity contribution in [2.45, 2.75) is 52.0 Å². The van der Waals surface area contributed by atoms with Crippen LogP contribution in [-0.2, 0) is 23.9 Å². The standard InChI is InChI=1S/C24H31NO5/c1-4-7-15(8-6-9-30-13(3)26)25-23(28)21-14-10-16(17-12-18(17)20(27)5-2)19(11-14)22(21)24(25)29/h4,6,8,14-19,21-22H,1,5,7,9-12H2,2-3H3/b8-6-. The molecule has 4 fully saturated rings. The normalized spacial score (nSPS) is 37.5. The summed E-state index contributed by atoms with van der Waals surface area (Å²) in [5, 5.41) is 0. The lowest BCUT2D eigenvalue weighted by atomic mass is 9.73. The number of imide groups is 1. The second-order valence-corrected chi connectivity index (χ2v) is 9.31. The fraction of sp³-hybridized carbons (Fsp3) is 0.667. The average molecular weight is 414 g/mol. The smallest absolute Gasteiger partial charge is 0.302 e. The Morgan fingerprint density at radius 3 is 2.50 bits per heavy atom. The largest absolute Gasteiger partial charge is 0.462 e. The second-order valence-electron chi connectivity index (χ2n) is 9.31. The molecule has 8 unspecified atom stereocenters. The van der Waals surface area contributed by atoms with Crippen LogP contribution in [-0.4, -0.2) is 41.1 Å². The Morgan fingerprint density at radius 2 is 1.83 bits per heavy atom. The van der Waals surface area contributed by atoms with E-state index in [1.807, 2.05) is 6.92 Å². The van der Waals surface area contributed by atoms with E-state index in [9.17, 15) is 19.2 Å². The van der Waals surface area contributed by atoms with Crippen molar-refractivity contribution >= 4 is 23.6 Å². The zero-order valence-electron chi connectivity index (χ0n) is 17.8. The molecule has 1 saturated heterocycles. The van der Waals surface area contributed by atoms with Gasteiger partial charge in [0, 0.05) is 19.3 Å². The van der Waals surface area contributed by atoms with Gasteiger partial charge in [-0.15, -0.1) is 6.58 Å². The summed E-state index contributed by atoms with van der Waals surface area (Å²) >= 11 is 0. The monoisotopic (exact) mass is 413 g/mol. The molecule has 0 spiro atoms. The summed E-state index contributed by atoms with van der Waals surface area (Å²) in [6.07, 6.45) is 9.11. The van der Waals surface area contributed by atoms with Crippen LogP contribution in [0.15, 0.2) is 24.8 Å². The molecule has 0 N–H and O–H groups in total. The molecular formula is C24H31NO5. The van der Waals surface area contributed by atoms with Crippen LogP contribution < -0.4 is 0 Å². The van der Waals surface area contributed by atoms with E-state index >= 15 is 0 Å². The van der Waals surface area contributed by atoms with E-state index in [1.54, 1.807) is 18.2 Å². The van der Waals surface area contributed by atoms with E-state index in [0.29, 0.717) is 30.5 Å². The molecule has 6 nitrogen and oxygen atoms in total. The SMILES string of the molecule is C=CCC(/C=C\COC(C)=O)N1C(=O)C2C3CC(C4CC4C(=O)CC)C(C3)C2C1=O. The summed E-state index contributed by atoms with van der Waals surface area (Å²) in [6, 6.07) is -0.392. The molecule has 0 radical (unpaired) electrons. The molecular weight excluding hydrogens is 382 g/mol. The maximum absolute atomic E-state index is 13.4. The van der Waals surface area contributed by atoms with Gasteiger partial charge in [0.05, 0.1) is 17.9 Å². The van der Waals surface area contributed by atoms with Crippen LogP contribution >= 0.6 is 0 Å². The van der Waals surface area contributed by atoms with Crippen LogP contribution in [0.1, 0.15) is 46.0 Å². The van der Waals surface area contributed by atoms with E-state index in [2.05, 4.69) is 6.58 Å². The van der Waals surface area contributed by atoms with Crippen LogP contribution in [0, 0.1) is 41.4 Å². The molecule has 1 aliphatic heterocycles. The van der Waals surface area contributed by atoms with Crippen molar-refractivity contribution in [2.75, 3.05) is 6.61 Å². The summed E-state index contributed by atoms with van der Waals surface area (Å²) in [4.78, 5) is 51.1. The molecule has 0 aromatic carbocycles. The molecule has 4 rings (SSSR count). The number of carbonyl (C=O) groups is 4. The zero-order valence-corrected chi connectivity index (χ0v) is 17.8. The highest BCUT2D eigenvalue weighted by Gasteiger charge is 2.67. The predicted octanol–water partition coefficient (Wildman–Crippen LogP) is 2.92. The number of hydrogen-bond acceptors (Lipinski definition) is 5. The number of esters is 1.